The van der Waals surface area contributed by atoms with E-state index in [1.807, 2.05) is 6.07 Å². The molecule has 2 saturated heterocycles. The normalized spacial score (nSPS) is 17.0. The maximum Gasteiger partial charge on any atom is 0.160 e. The Kier molecular flexibility index (Phi) is 8.54. The number of morpholine rings is 1. The summed E-state index contributed by atoms with van der Waals surface area (Å²) in [6.07, 6.45) is 2.46. The number of nitrogens with zero attached hydrogens (tertiary/aromatic N) is 6. The second-order valence-corrected chi connectivity index (χ2v) is 9.21. The summed E-state index contributed by atoms with van der Waals surface area (Å²) in [4.78, 5) is 16.1. The molecule has 0 unspecified atom stereocenters. The molecular weight excluding hydrogens is 489 g/mol. The molecule has 0 spiro atoms. The molecule has 2 aliphatic rings. The van der Waals surface area contributed by atoms with Gasteiger partial charge in [-0.05, 0) is 25.5 Å². The van der Waals surface area contributed by atoms with Crippen molar-refractivity contribution < 1.29 is 9.47 Å². The Morgan fingerprint density at radius 2 is 1.80 bits per heavy atom. The van der Waals surface area contributed by atoms with Crippen LogP contribution in [0.1, 0.15) is 18.2 Å². The fourth-order valence-electron chi connectivity index (χ4n) is 4.79. The molecule has 3 aromatic rings. The quantitative estimate of drug-likeness (QED) is 0.506. The number of hydrogen-bond donors (Lipinski definition) is 1. The predicted molar refractivity (Wildman–Crippen MR) is 142 cm³/mol. The summed E-state index contributed by atoms with van der Waals surface area (Å²) in [6, 6.07) is 3.98. The number of rotatable bonds is 7. The van der Waals surface area contributed by atoms with E-state index in [0.717, 1.165) is 105 Å². The van der Waals surface area contributed by atoms with Crippen LogP contribution in [0.15, 0.2) is 18.5 Å². The summed E-state index contributed by atoms with van der Waals surface area (Å²) >= 11 is 6.51. The van der Waals surface area contributed by atoms with Crippen molar-refractivity contribution in [1.29, 1.82) is 0 Å². The van der Waals surface area contributed by atoms with E-state index in [9.17, 15) is 0 Å². The van der Waals surface area contributed by atoms with Crippen molar-refractivity contribution >= 4 is 46.5 Å². The van der Waals surface area contributed by atoms with E-state index in [1.54, 1.807) is 6.33 Å². The highest BCUT2D eigenvalue weighted by atomic mass is 35.5. The third-order valence-corrected chi connectivity index (χ3v) is 6.95. The van der Waals surface area contributed by atoms with Crippen LogP contribution in [-0.4, -0.2) is 90.7 Å². The molecule has 0 saturated carbocycles. The van der Waals surface area contributed by atoms with E-state index < -0.39 is 0 Å². The molecule has 2 fully saturated rings. The minimum atomic E-state index is 0. The van der Waals surface area contributed by atoms with Crippen molar-refractivity contribution in [3.05, 3.63) is 34.7 Å². The van der Waals surface area contributed by atoms with E-state index in [1.165, 1.54) is 0 Å². The first-order chi connectivity index (χ1) is 16.6. The molecule has 0 radical (unpaired) electrons. The third-order valence-electron chi connectivity index (χ3n) is 6.73. The van der Waals surface area contributed by atoms with Crippen LogP contribution in [0.4, 0.5) is 11.5 Å². The van der Waals surface area contributed by atoms with Crippen LogP contribution in [0.3, 0.4) is 0 Å². The molecule has 1 N–H and O–H groups in total. The number of benzene rings is 1. The third kappa shape index (κ3) is 5.58. The fraction of sp³-hybridized carbons (Fsp3) is 0.542. The Morgan fingerprint density at radius 1 is 1.06 bits per heavy atom. The van der Waals surface area contributed by atoms with Gasteiger partial charge in [-0.3, -0.25) is 10.00 Å². The summed E-state index contributed by atoms with van der Waals surface area (Å²) in [5.41, 5.74) is 4.08. The van der Waals surface area contributed by atoms with Gasteiger partial charge in [0.1, 0.15) is 24.5 Å². The zero-order chi connectivity index (χ0) is 23.5. The molecule has 11 heteroatoms. The van der Waals surface area contributed by atoms with Gasteiger partial charge in [0.05, 0.1) is 24.3 Å². The summed E-state index contributed by atoms with van der Waals surface area (Å²) in [7, 11) is 0. The monoisotopic (exact) mass is 521 g/mol. The van der Waals surface area contributed by atoms with Crippen LogP contribution < -0.4 is 14.5 Å². The molecule has 0 amide bonds. The lowest BCUT2D eigenvalue weighted by Gasteiger charge is -2.37. The van der Waals surface area contributed by atoms with Crippen molar-refractivity contribution in [3.8, 4) is 5.75 Å². The van der Waals surface area contributed by atoms with Crippen molar-refractivity contribution in [2.75, 3.05) is 75.4 Å². The smallest absolute Gasteiger partial charge is 0.160 e. The van der Waals surface area contributed by atoms with Gasteiger partial charge in [0, 0.05) is 62.1 Å². The molecule has 0 aliphatic carbocycles. The van der Waals surface area contributed by atoms with Crippen LogP contribution >= 0.6 is 24.0 Å². The van der Waals surface area contributed by atoms with Crippen molar-refractivity contribution in [2.24, 2.45) is 0 Å². The van der Waals surface area contributed by atoms with Gasteiger partial charge < -0.3 is 19.3 Å². The minimum absolute atomic E-state index is 0. The maximum absolute atomic E-state index is 6.51. The molecule has 9 nitrogen and oxygen atoms in total. The van der Waals surface area contributed by atoms with E-state index >= 15 is 0 Å². The summed E-state index contributed by atoms with van der Waals surface area (Å²) in [6.45, 7) is 12.8. The van der Waals surface area contributed by atoms with Gasteiger partial charge in [-0.15, -0.1) is 12.4 Å². The number of anilines is 2. The first kappa shape index (κ1) is 25.8. The van der Waals surface area contributed by atoms with E-state index in [0.29, 0.717) is 11.6 Å². The molecule has 1 aromatic carbocycles. The van der Waals surface area contributed by atoms with Crippen molar-refractivity contribution in [1.82, 2.24) is 25.1 Å². The molecule has 5 rings (SSSR count). The average Bonchev–Trinajstić information content (AvgIpc) is 3.30. The van der Waals surface area contributed by atoms with E-state index in [-0.39, 0.29) is 12.4 Å². The fourth-order valence-corrected chi connectivity index (χ4v) is 4.99. The Bertz CT molecular complexity index is 1130. The van der Waals surface area contributed by atoms with E-state index in [4.69, 9.17) is 21.1 Å². The van der Waals surface area contributed by atoms with Crippen molar-refractivity contribution in [2.45, 2.75) is 20.3 Å². The standard InChI is InChI=1S/C24H32ClN7O2.ClH/c1-3-19-22-23(29-28-19)26-16-27-24(22)32-6-4-31(5-7-32)20-14-18(25)15-21(17(20)2)34-13-10-30-8-11-33-12-9-30;/h14-16H,3-13H2,1-2H3,(H,26,27,28,29);1H. The first-order valence-electron chi connectivity index (χ1n) is 12.0. The van der Waals surface area contributed by atoms with E-state index in [2.05, 4.69) is 54.8 Å². The van der Waals surface area contributed by atoms with Gasteiger partial charge in [0.25, 0.3) is 0 Å². The van der Waals surface area contributed by atoms with Crippen LogP contribution in [-0.2, 0) is 11.2 Å². The number of nitrogens with one attached hydrogen (secondary N) is 1. The Labute approximate surface area is 217 Å². The molecule has 2 aromatic heterocycles. The van der Waals surface area contributed by atoms with Gasteiger partial charge in [-0.25, -0.2) is 9.97 Å². The van der Waals surface area contributed by atoms with Crippen LogP contribution in [0, 0.1) is 6.92 Å². The summed E-state index contributed by atoms with van der Waals surface area (Å²) in [5, 5.41) is 9.19. The zero-order valence-corrected chi connectivity index (χ0v) is 21.9. The maximum atomic E-state index is 6.51. The average molecular weight is 522 g/mol. The van der Waals surface area contributed by atoms with Crippen LogP contribution in [0.25, 0.3) is 11.0 Å². The number of ether oxygens (including phenoxy) is 2. The van der Waals surface area contributed by atoms with Crippen LogP contribution in [0.2, 0.25) is 5.02 Å². The van der Waals surface area contributed by atoms with Gasteiger partial charge in [-0.2, -0.15) is 5.10 Å². The van der Waals surface area contributed by atoms with Gasteiger partial charge >= 0.3 is 0 Å². The second kappa shape index (κ2) is 11.6. The molecule has 4 heterocycles. The largest absolute Gasteiger partial charge is 0.492 e. The highest BCUT2D eigenvalue weighted by Gasteiger charge is 2.24. The number of piperazine rings is 1. The molecule has 35 heavy (non-hydrogen) atoms. The predicted octanol–water partition coefficient (Wildman–Crippen LogP) is 3.34. The number of hydrogen-bond acceptors (Lipinski definition) is 8. The number of fused-ring (bicyclic) bond motifs is 1. The number of aromatic nitrogens is 4. The lowest BCUT2D eigenvalue weighted by Crippen LogP contribution is -2.47. The Balaban J connectivity index is 0.00000289. The molecule has 0 bridgehead atoms. The number of H-pyrrole nitrogens is 1. The van der Waals surface area contributed by atoms with Crippen LogP contribution in [0.5, 0.6) is 5.75 Å². The SMILES string of the molecule is CCc1n[nH]c2ncnc(N3CCN(c4cc(Cl)cc(OCCN5CCOCC5)c4C)CC3)c12.Cl. The van der Waals surface area contributed by atoms with Gasteiger partial charge in [0.2, 0.25) is 0 Å². The lowest BCUT2D eigenvalue weighted by molar-refractivity contribution is 0.0322. The second-order valence-electron chi connectivity index (χ2n) is 8.77. The van der Waals surface area contributed by atoms with Crippen molar-refractivity contribution in [3.63, 3.8) is 0 Å². The Hall–Kier alpha value is -2.33. The zero-order valence-electron chi connectivity index (χ0n) is 20.3. The highest BCUT2D eigenvalue weighted by Crippen LogP contribution is 2.34. The number of aromatic amines is 1. The molecular formula is C24H33Cl2N7O2. The lowest BCUT2D eigenvalue weighted by atomic mass is 10.1. The summed E-state index contributed by atoms with van der Waals surface area (Å²) in [5.74, 6) is 1.83. The molecule has 2 aliphatic heterocycles. The molecule has 190 valence electrons. The number of aryl methyl sites for hydroxylation is 1. The topological polar surface area (TPSA) is 82.6 Å². The van der Waals surface area contributed by atoms with Gasteiger partial charge in [-0.1, -0.05) is 18.5 Å². The highest BCUT2D eigenvalue weighted by molar-refractivity contribution is 6.31. The van der Waals surface area contributed by atoms with Gasteiger partial charge in [0.15, 0.2) is 5.65 Å². The first-order valence-corrected chi connectivity index (χ1v) is 12.4. The number of halogens is 2. The Morgan fingerprint density at radius 3 is 2.54 bits per heavy atom. The summed E-state index contributed by atoms with van der Waals surface area (Å²) < 4.78 is 11.6. The minimum Gasteiger partial charge on any atom is -0.492 e. The molecule has 0 atom stereocenters.